The van der Waals surface area contributed by atoms with E-state index >= 15 is 0 Å². The summed E-state index contributed by atoms with van der Waals surface area (Å²) in [4.78, 5) is 82.8. The molecule has 0 aliphatic heterocycles. The highest BCUT2D eigenvalue weighted by Crippen LogP contribution is 2.42. The Balaban J connectivity index is 0.00000153. The summed E-state index contributed by atoms with van der Waals surface area (Å²) in [6.07, 6.45) is 21.5. The maximum atomic E-state index is 11.9. The van der Waals surface area contributed by atoms with Crippen molar-refractivity contribution in [3.8, 4) is 0 Å². The summed E-state index contributed by atoms with van der Waals surface area (Å²) < 4.78 is 49.1. The Morgan fingerprint density at radius 2 is 0.681 bits per heavy atom. The molecule has 0 radical (unpaired) electrons. The Bertz CT molecular complexity index is 5000. The zero-order chi connectivity index (χ0) is 107. The molecular formula is C104H169FN23O12P. The van der Waals surface area contributed by atoms with Crippen LogP contribution in [0.25, 0.3) is 0 Å². The number of ether oxygens (including phenoxy) is 2. The number of carbonyl (C=O) groups is 2. The number of halogens is 1. The molecule has 0 saturated carbocycles. The number of rotatable bonds is 28. The van der Waals surface area contributed by atoms with Gasteiger partial charge in [-0.3, -0.25) is 70.9 Å². The molecule has 12 aromatic rings. The van der Waals surface area contributed by atoms with Crippen molar-refractivity contribution in [2.45, 2.75) is 288 Å². The number of benzene rings is 3. The van der Waals surface area contributed by atoms with Gasteiger partial charge >= 0.3 is 36.6 Å². The first-order chi connectivity index (χ1) is 66.4. The number of nitrogens with zero attached hydrogens (tertiary/aromatic N) is 23. The van der Waals surface area contributed by atoms with Gasteiger partial charge in [0.2, 0.25) is 0 Å². The van der Waals surface area contributed by atoms with Gasteiger partial charge in [-0.25, -0.2) is 33.1 Å². The van der Waals surface area contributed by atoms with Gasteiger partial charge in [0.15, 0.2) is 0 Å². The first-order valence-corrected chi connectivity index (χ1v) is 50.1. The van der Waals surface area contributed by atoms with Gasteiger partial charge in [0, 0.05) is 91.5 Å². The maximum Gasteiger partial charge on any atom is 0.345 e. The van der Waals surface area contributed by atoms with Crippen LogP contribution in [-0.2, 0) is 63.4 Å². The molecule has 784 valence electrons. The highest BCUT2D eigenvalue weighted by Gasteiger charge is 2.27. The van der Waals surface area contributed by atoms with Crippen LogP contribution < -0.4 is 17.1 Å². The van der Waals surface area contributed by atoms with Gasteiger partial charge in [-0.2, -0.15) is 15.3 Å². The van der Waals surface area contributed by atoms with Crippen molar-refractivity contribution in [1.82, 2.24) is 113 Å². The van der Waals surface area contributed by atoms with Crippen molar-refractivity contribution in [3.05, 3.63) is 284 Å². The molecule has 10 atom stereocenters. The third-order valence-corrected chi connectivity index (χ3v) is 21.6. The largest absolute Gasteiger partial charge is 0.459 e. The predicted molar refractivity (Wildman–Crippen MR) is 561 cm³/mol. The van der Waals surface area contributed by atoms with E-state index in [-0.39, 0.29) is 72.4 Å². The first kappa shape index (κ1) is 129. The fourth-order valence-corrected chi connectivity index (χ4v) is 13.3. The van der Waals surface area contributed by atoms with Gasteiger partial charge in [0.05, 0.1) is 74.2 Å². The molecule has 9 heterocycles. The topological polar surface area (TPSA) is 396 Å². The molecule has 3 aromatic carbocycles. The Kier molecular flexibility index (Phi) is 64.9. The van der Waals surface area contributed by atoms with Gasteiger partial charge in [-0.15, -0.1) is 15.3 Å². The standard InChI is InChI=1S/2C12H22N4O3.3C9H12.C8H15N3O2.C8H15N3O.3C8H11N.C6H12N3O3P.C6H11N3.CH3F/c2*1-6-10(16-12(18)15(5)8-13-16)9(2)19-11(17)7-14(3)4;3*1-8(2)9-6-4-3-5-7-9;1-4-7(6(2)12)11-8(13)10(3)5-9-11;1-4-8(7(3)12)11-5-6(2)9-10-11;3*1-7(2)8-4-3-5-9-6-8;1-5(12-13(3,10)11)6-4-9(2)8-7-6;1-5(2)6-4-9(3)8-7-6;1-2/h2*8-10H,6-7H2,1-5H3;3*3-8H,1-2H3;5-7,12H,4H2,1-3H3;5,7-8,12H,4H2,1-3H3;3*3-7H,1-2H3;4-5H,1-3H3,(H,10,11);4-5H,1-3H3;1H3/t2*9-,10-;;;;6-,7+;7-,8+;;;;;;/m00...11....../s1. The number of aliphatic hydroxyl groups excluding tert-OH is 2. The molecule has 0 aliphatic carbocycles. The fourth-order valence-electron chi connectivity index (χ4n) is 12.6. The van der Waals surface area contributed by atoms with Gasteiger partial charge in [0.1, 0.15) is 43.0 Å². The number of pyridine rings is 3. The summed E-state index contributed by atoms with van der Waals surface area (Å²) in [5, 5.41) is 53.7. The lowest BCUT2D eigenvalue weighted by Crippen LogP contribution is -2.36. The van der Waals surface area contributed by atoms with Crippen molar-refractivity contribution in [1.29, 1.82) is 0 Å². The lowest BCUT2D eigenvalue weighted by molar-refractivity contribution is -0.152. The zero-order valence-electron chi connectivity index (χ0n) is 90.7. The summed E-state index contributed by atoms with van der Waals surface area (Å²) in [7, 11) is 12.7. The van der Waals surface area contributed by atoms with E-state index < -0.39 is 32.0 Å². The van der Waals surface area contributed by atoms with Crippen LogP contribution >= 0.6 is 7.60 Å². The van der Waals surface area contributed by atoms with Gasteiger partial charge in [-0.05, 0) is 188 Å². The smallest absolute Gasteiger partial charge is 0.345 e. The van der Waals surface area contributed by atoms with Gasteiger partial charge in [0.25, 0.3) is 0 Å². The molecule has 37 heteroatoms. The van der Waals surface area contributed by atoms with E-state index in [1.165, 1.54) is 84.8 Å². The highest BCUT2D eigenvalue weighted by molar-refractivity contribution is 7.51. The van der Waals surface area contributed by atoms with E-state index in [4.69, 9.17) is 18.9 Å². The molecule has 35 nitrogen and oxygen atoms in total. The van der Waals surface area contributed by atoms with Crippen LogP contribution in [0, 0.1) is 6.92 Å². The third-order valence-electron chi connectivity index (χ3n) is 20.9. The van der Waals surface area contributed by atoms with Crippen molar-refractivity contribution in [2.24, 2.45) is 35.2 Å². The number of aryl methyl sites for hydroxylation is 6. The number of hydrogen-bond acceptors (Lipinski definition) is 25. The van der Waals surface area contributed by atoms with E-state index in [1.807, 2.05) is 109 Å². The highest BCUT2D eigenvalue weighted by atomic mass is 31.2. The first-order valence-electron chi connectivity index (χ1n) is 48.0. The SMILES string of the molecule is CC(C)c1ccccc1.CC(C)c1ccccc1.CC(C)c1ccccc1.CC(C)c1cccnc1.CC(C)c1cccnc1.CC(C)c1cccnc1.CC(C)c1cn(C)nn1.CC(OP(C)(=O)O)c1cn(C)nn1.CC[C@@H]([C@@H](C)O)n1cc(C)nn1.CC[C@@H]([C@@H](C)O)n1ncn(C)c1=O.CC[C@@H]([C@H](C)OC(=O)CN(C)C)n1ncn(C)c1=O.CC[C@@H]([C@H](C)OC(=O)CN(C)C)n1ncn(C)c1=O.CF. The number of carbonyl (C=O) groups excluding carboxylic acids is 2. The van der Waals surface area contributed by atoms with Crippen molar-refractivity contribution >= 4 is 19.5 Å². The molecule has 9 aromatic heterocycles. The molecule has 2 unspecified atom stereocenters. The Hall–Kier alpha value is -11.8. The number of likely N-dealkylation sites (N-methyl/N-ethyl adjacent to an activating group) is 2. The van der Waals surface area contributed by atoms with E-state index in [2.05, 4.69) is 249 Å². The summed E-state index contributed by atoms with van der Waals surface area (Å²) in [6, 6.07) is 43.1. The fraction of sp³-hybridized carbons (Fsp3) is 0.548. The molecule has 3 N–H and O–H groups in total. The van der Waals surface area contributed by atoms with Crippen molar-refractivity contribution in [3.63, 3.8) is 0 Å². The van der Waals surface area contributed by atoms with E-state index in [0.29, 0.717) is 73.6 Å². The predicted octanol–water partition coefficient (Wildman–Crippen LogP) is 18.2. The van der Waals surface area contributed by atoms with E-state index in [9.17, 15) is 43.1 Å². The zero-order valence-corrected chi connectivity index (χ0v) is 91.6. The number of aliphatic hydroxyl groups is 2. The normalized spacial score (nSPS) is 13.0. The minimum atomic E-state index is -3.46. The van der Waals surface area contributed by atoms with E-state index in [1.54, 1.807) is 135 Å². The second-order valence-corrected chi connectivity index (χ2v) is 38.2. The van der Waals surface area contributed by atoms with Crippen LogP contribution in [0.2, 0.25) is 0 Å². The van der Waals surface area contributed by atoms with Crippen molar-refractivity contribution < 1.29 is 47.6 Å². The Morgan fingerprint density at radius 3 is 0.865 bits per heavy atom. The van der Waals surface area contributed by atoms with Gasteiger partial charge < -0.3 is 24.6 Å². The summed E-state index contributed by atoms with van der Waals surface area (Å²) in [6.45, 7) is 50.3. The Labute approximate surface area is 837 Å². The van der Waals surface area contributed by atoms with Crippen LogP contribution in [0.15, 0.2) is 217 Å². The number of alkyl halides is 1. The lowest BCUT2D eigenvalue weighted by Gasteiger charge is -2.23. The molecule has 0 amide bonds. The molecule has 0 fully saturated rings. The Morgan fingerprint density at radius 1 is 0.397 bits per heavy atom. The number of aromatic nitrogens is 21. The summed E-state index contributed by atoms with van der Waals surface area (Å²) >= 11 is 0. The summed E-state index contributed by atoms with van der Waals surface area (Å²) in [5.41, 5.74) is 10.0. The molecule has 141 heavy (non-hydrogen) atoms. The van der Waals surface area contributed by atoms with Gasteiger partial charge in [-0.1, -0.05) is 249 Å². The second-order valence-electron chi connectivity index (χ2n) is 36.4. The third kappa shape index (κ3) is 53.6. The number of hydrogen-bond donors (Lipinski definition) is 3. The minimum Gasteiger partial charge on any atom is -0.459 e. The van der Waals surface area contributed by atoms with E-state index in [0.717, 1.165) is 24.5 Å². The average Bonchev–Trinajstić information content (AvgIpc) is 1.71. The molecule has 0 bridgehead atoms. The van der Waals surface area contributed by atoms with Crippen LogP contribution in [-0.4, -0.2) is 219 Å². The maximum absolute atomic E-state index is 11.9. The summed E-state index contributed by atoms with van der Waals surface area (Å²) in [5.74, 6) is 3.64. The van der Waals surface area contributed by atoms with Crippen LogP contribution in [0.4, 0.5) is 4.39 Å². The quantitative estimate of drug-likeness (QED) is 0.0303. The molecule has 0 aliphatic rings. The average molecular weight is 1980 g/mol. The van der Waals surface area contributed by atoms with Crippen LogP contribution in [0.1, 0.15) is 307 Å². The van der Waals surface area contributed by atoms with Crippen LogP contribution in [0.3, 0.4) is 0 Å². The lowest BCUT2D eigenvalue weighted by atomic mass is 10.0. The van der Waals surface area contributed by atoms with Crippen LogP contribution in [0.5, 0.6) is 0 Å². The molecule has 12 rings (SSSR count). The molecular weight excluding hydrogens is 1810 g/mol. The minimum absolute atomic E-state index is 0.0474. The van der Waals surface area contributed by atoms with Crippen molar-refractivity contribution in [2.75, 3.05) is 55.1 Å². The monoisotopic (exact) mass is 1980 g/mol. The number of esters is 2. The molecule has 0 saturated heterocycles. The molecule has 0 spiro atoms. The second kappa shape index (κ2) is 70.8.